The van der Waals surface area contributed by atoms with Crippen molar-refractivity contribution < 1.29 is 13.2 Å². The van der Waals surface area contributed by atoms with Gasteiger partial charge in [0.25, 0.3) is 0 Å². The van der Waals surface area contributed by atoms with Gasteiger partial charge in [0.2, 0.25) is 21.4 Å². The van der Waals surface area contributed by atoms with Crippen LogP contribution in [-0.2, 0) is 14.8 Å². The van der Waals surface area contributed by atoms with E-state index in [-0.39, 0.29) is 22.8 Å². The summed E-state index contributed by atoms with van der Waals surface area (Å²) in [5.74, 6) is -0.526. The van der Waals surface area contributed by atoms with E-state index >= 15 is 0 Å². The number of hydrogen-bond donors (Lipinski definition) is 3. The molecule has 1 aromatic heterocycles. The van der Waals surface area contributed by atoms with E-state index in [0.717, 1.165) is 0 Å². The monoisotopic (exact) mass is 299 g/mol. The van der Waals surface area contributed by atoms with Crippen LogP contribution in [0, 0.1) is 5.92 Å². The van der Waals surface area contributed by atoms with E-state index in [0.29, 0.717) is 25.7 Å². The van der Waals surface area contributed by atoms with Gasteiger partial charge in [0.15, 0.2) is 0 Å². The zero-order valence-electron chi connectivity index (χ0n) is 10.8. The Morgan fingerprint density at radius 1 is 1.30 bits per heavy atom. The van der Waals surface area contributed by atoms with Crippen LogP contribution in [0.3, 0.4) is 0 Å². The molecule has 4 N–H and O–H groups in total. The smallest absolute Gasteiger partial charge is 0.246 e. The maximum atomic E-state index is 12.1. The summed E-state index contributed by atoms with van der Waals surface area (Å²) in [6.45, 7) is 0. The Labute approximate surface area is 116 Å². The van der Waals surface area contributed by atoms with Gasteiger partial charge in [0.1, 0.15) is 4.90 Å². The van der Waals surface area contributed by atoms with Crippen molar-refractivity contribution in [1.82, 2.24) is 9.71 Å². The van der Waals surface area contributed by atoms with Gasteiger partial charge in [-0.2, -0.15) is 0 Å². The molecule has 1 aliphatic carbocycles. The third kappa shape index (κ3) is 3.26. The van der Waals surface area contributed by atoms with Crippen molar-refractivity contribution in [3.8, 4) is 0 Å². The minimum absolute atomic E-state index is 0.184. The molecule has 0 saturated heterocycles. The van der Waals surface area contributed by atoms with Gasteiger partial charge < -0.3 is 10.7 Å². The summed E-state index contributed by atoms with van der Waals surface area (Å²) in [4.78, 5) is 24.9. The number of amides is 1. The molecular formula is C12H17N3O4S. The van der Waals surface area contributed by atoms with Crippen molar-refractivity contribution >= 4 is 15.9 Å². The standard InChI is InChI=1S/C12H17N3O4S/c13-12(17)8-1-3-9(4-2-8)15-20(18,19)11-7-14-6-5-10(11)16/h5-9,15H,1-4H2,(H2,13,17)(H,14,16). The van der Waals surface area contributed by atoms with Gasteiger partial charge in [-0.15, -0.1) is 0 Å². The highest BCUT2D eigenvalue weighted by Gasteiger charge is 2.28. The maximum Gasteiger partial charge on any atom is 0.246 e. The maximum absolute atomic E-state index is 12.1. The molecule has 2 rings (SSSR count). The number of carbonyl (C=O) groups excluding carboxylic acids is 1. The van der Waals surface area contributed by atoms with Gasteiger partial charge in [-0.05, 0) is 25.7 Å². The van der Waals surface area contributed by atoms with E-state index in [2.05, 4.69) is 9.71 Å². The van der Waals surface area contributed by atoms with E-state index in [1.807, 2.05) is 0 Å². The van der Waals surface area contributed by atoms with Crippen molar-refractivity contribution in [2.24, 2.45) is 11.7 Å². The fourth-order valence-corrected chi connectivity index (χ4v) is 3.75. The van der Waals surface area contributed by atoms with E-state index in [4.69, 9.17) is 5.73 Å². The molecule has 1 heterocycles. The van der Waals surface area contributed by atoms with Crippen LogP contribution in [0.2, 0.25) is 0 Å². The zero-order chi connectivity index (χ0) is 14.8. The lowest BCUT2D eigenvalue weighted by Gasteiger charge is -2.26. The summed E-state index contributed by atoms with van der Waals surface area (Å²) in [5, 5.41) is 0. The van der Waals surface area contributed by atoms with Crippen LogP contribution < -0.4 is 15.9 Å². The first-order valence-corrected chi connectivity index (χ1v) is 7.87. The number of hydrogen-bond acceptors (Lipinski definition) is 4. The van der Waals surface area contributed by atoms with E-state index in [1.54, 1.807) is 0 Å². The first-order chi connectivity index (χ1) is 9.40. The van der Waals surface area contributed by atoms with Crippen LogP contribution in [0.15, 0.2) is 28.2 Å². The lowest BCUT2D eigenvalue weighted by molar-refractivity contribution is -0.122. The summed E-state index contributed by atoms with van der Waals surface area (Å²) in [5.41, 5.74) is 4.67. The Balaban J connectivity index is 2.06. The van der Waals surface area contributed by atoms with Crippen LogP contribution in [0.4, 0.5) is 0 Å². The van der Waals surface area contributed by atoms with Crippen LogP contribution in [0.1, 0.15) is 25.7 Å². The van der Waals surface area contributed by atoms with Crippen LogP contribution in [-0.4, -0.2) is 25.4 Å². The van der Waals surface area contributed by atoms with E-state index in [1.165, 1.54) is 18.5 Å². The van der Waals surface area contributed by atoms with E-state index in [9.17, 15) is 18.0 Å². The molecule has 0 spiro atoms. The highest BCUT2D eigenvalue weighted by molar-refractivity contribution is 7.89. The number of carbonyl (C=O) groups is 1. The second kappa shape index (κ2) is 5.76. The summed E-state index contributed by atoms with van der Waals surface area (Å²) in [6.07, 6.45) is 4.75. The third-order valence-electron chi connectivity index (χ3n) is 3.53. The number of sulfonamides is 1. The molecule has 0 aliphatic heterocycles. The Hall–Kier alpha value is -1.67. The molecule has 1 amide bonds. The number of nitrogens with one attached hydrogen (secondary N) is 2. The van der Waals surface area contributed by atoms with Gasteiger partial charge >= 0.3 is 0 Å². The van der Waals surface area contributed by atoms with Crippen LogP contribution in [0.25, 0.3) is 0 Å². The molecule has 0 atom stereocenters. The van der Waals surface area contributed by atoms with Crippen molar-refractivity contribution in [3.05, 3.63) is 28.7 Å². The molecule has 1 aliphatic rings. The number of aromatic amines is 1. The van der Waals surface area contributed by atoms with Crippen molar-refractivity contribution in [3.63, 3.8) is 0 Å². The molecule has 1 aromatic rings. The fourth-order valence-electron chi connectivity index (χ4n) is 2.39. The Bertz CT molecular complexity index is 645. The van der Waals surface area contributed by atoms with Crippen molar-refractivity contribution in [2.45, 2.75) is 36.6 Å². The molecule has 1 saturated carbocycles. The van der Waals surface area contributed by atoms with Gasteiger partial charge in [-0.1, -0.05) is 0 Å². The van der Waals surface area contributed by atoms with Gasteiger partial charge in [0.05, 0.1) is 0 Å². The summed E-state index contributed by atoms with van der Waals surface area (Å²) >= 11 is 0. The Morgan fingerprint density at radius 3 is 2.50 bits per heavy atom. The summed E-state index contributed by atoms with van der Waals surface area (Å²) in [7, 11) is -3.84. The second-order valence-corrected chi connectivity index (χ2v) is 6.63. The molecule has 7 nitrogen and oxygen atoms in total. The lowest BCUT2D eigenvalue weighted by atomic mass is 9.86. The van der Waals surface area contributed by atoms with Crippen LogP contribution >= 0.6 is 0 Å². The van der Waals surface area contributed by atoms with Crippen molar-refractivity contribution in [1.29, 1.82) is 0 Å². The average Bonchev–Trinajstić information content (AvgIpc) is 2.39. The molecule has 0 bridgehead atoms. The minimum atomic E-state index is -3.84. The number of rotatable bonds is 4. The SMILES string of the molecule is NC(=O)C1CCC(NS(=O)(=O)c2c[nH]ccc2=O)CC1. The number of aromatic nitrogens is 1. The molecule has 1 fully saturated rings. The first kappa shape index (κ1) is 14.7. The molecule has 8 heteroatoms. The zero-order valence-corrected chi connectivity index (χ0v) is 11.7. The molecule has 0 aromatic carbocycles. The van der Waals surface area contributed by atoms with Gasteiger partial charge in [-0.3, -0.25) is 9.59 Å². The molecule has 0 radical (unpaired) electrons. The van der Waals surface area contributed by atoms with E-state index < -0.39 is 15.5 Å². The number of H-pyrrole nitrogens is 1. The number of pyridine rings is 1. The highest BCUT2D eigenvalue weighted by Crippen LogP contribution is 2.24. The molecular weight excluding hydrogens is 282 g/mol. The Morgan fingerprint density at radius 2 is 1.95 bits per heavy atom. The normalized spacial score (nSPS) is 23.4. The largest absolute Gasteiger partial charge is 0.369 e. The van der Waals surface area contributed by atoms with Crippen LogP contribution in [0.5, 0.6) is 0 Å². The number of primary amides is 1. The molecule has 0 unspecified atom stereocenters. The summed E-state index contributed by atoms with van der Waals surface area (Å²) in [6, 6.07) is 0.897. The predicted molar refractivity (Wildman–Crippen MR) is 72.3 cm³/mol. The fraction of sp³-hybridized carbons (Fsp3) is 0.500. The molecule has 110 valence electrons. The predicted octanol–water partition coefficient (Wildman–Crippen LogP) is -0.303. The average molecular weight is 299 g/mol. The quantitative estimate of drug-likeness (QED) is 0.706. The third-order valence-corrected chi connectivity index (χ3v) is 5.07. The van der Waals surface area contributed by atoms with Crippen molar-refractivity contribution in [2.75, 3.05) is 0 Å². The summed E-state index contributed by atoms with van der Waals surface area (Å²) < 4.78 is 26.7. The van der Waals surface area contributed by atoms with Gasteiger partial charge in [-0.25, -0.2) is 13.1 Å². The molecule has 20 heavy (non-hydrogen) atoms. The van der Waals surface area contributed by atoms with Gasteiger partial charge in [0, 0.05) is 30.4 Å². The second-order valence-electron chi connectivity index (χ2n) is 4.95. The number of nitrogens with two attached hydrogens (primary N) is 1. The lowest BCUT2D eigenvalue weighted by Crippen LogP contribution is -2.40. The highest BCUT2D eigenvalue weighted by atomic mass is 32.2. The Kier molecular flexibility index (Phi) is 4.24. The minimum Gasteiger partial charge on any atom is -0.369 e. The first-order valence-electron chi connectivity index (χ1n) is 6.39. The topological polar surface area (TPSA) is 122 Å².